The summed E-state index contributed by atoms with van der Waals surface area (Å²) in [5.41, 5.74) is 12.5. The number of halogens is 2. The molecule has 0 unspecified atom stereocenters. The molecule has 9 nitrogen and oxygen atoms in total. The van der Waals surface area contributed by atoms with Gasteiger partial charge in [0.2, 0.25) is 0 Å². The van der Waals surface area contributed by atoms with Crippen LogP contribution in [0, 0.1) is 23.0 Å². The SMILES string of the molecule is C[C@H]1CN(C(c2ccc(F)cc2)c2ccc(F)cc2)[C@H](CN=[N+]=[N-])CN1c1cc(=O)n(C)c2ccc(C#N)nc12. The number of pyridine rings is 2. The second-order valence-electron chi connectivity index (χ2n) is 9.87. The summed E-state index contributed by atoms with van der Waals surface area (Å²) in [6, 6.07) is 18.4. The molecule has 2 aromatic heterocycles. The molecule has 40 heavy (non-hydrogen) atoms. The van der Waals surface area contributed by atoms with E-state index in [4.69, 9.17) is 0 Å². The molecule has 2 aromatic carbocycles. The first-order valence-electron chi connectivity index (χ1n) is 12.8. The van der Waals surface area contributed by atoms with Gasteiger partial charge in [-0.25, -0.2) is 13.8 Å². The van der Waals surface area contributed by atoms with Crippen LogP contribution in [0.5, 0.6) is 0 Å². The normalized spacial score (nSPS) is 17.6. The molecule has 1 saturated heterocycles. The van der Waals surface area contributed by atoms with E-state index in [2.05, 4.69) is 30.9 Å². The van der Waals surface area contributed by atoms with E-state index in [1.807, 2.05) is 6.92 Å². The third kappa shape index (κ3) is 5.10. The van der Waals surface area contributed by atoms with Gasteiger partial charge in [-0.3, -0.25) is 9.69 Å². The number of aromatic nitrogens is 2. The number of rotatable bonds is 6. The van der Waals surface area contributed by atoms with Crippen LogP contribution >= 0.6 is 0 Å². The van der Waals surface area contributed by atoms with E-state index >= 15 is 0 Å². The zero-order chi connectivity index (χ0) is 28.4. The lowest BCUT2D eigenvalue weighted by atomic mass is 9.93. The predicted octanol–water partition coefficient (Wildman–Crippen LogP) is 5.06. The Morgan fingerprint density at radius 3 is 2.27 bits per heavy atom. The van der Waals surface area contributed by atoms with Crippen molar-refractivity contribution >= 4 is 16.7 Å². The predicted molar refractivity (Wildman–Crippen MR) is 148 cm³/mol. The second-order valence-corrected chi connectivity index (χ2v) is 9.87. The van der Waals surface area contributed by atoms with E-state index in [1.54, 1.807) is 43.4 Å². The molecular formula is C29H26F2N8O. The maximum absolute atomic E-state index is 13.9. The van der Waals surface area contributed by atoms with Gasteiger partial charge in [-0.15, -0.1) is 0 Å². The number of hydrogen-bond acceptors (Lipinski definition) is 6. The zero-order valence-corrected chi connectivity index (χ0v) is 21.9. The van der Waals surface area contributed by atoms with E-state index in [9.17, 15) is 24.4 Å². The van der Waals surface area contributed by atoms with Crippen molar-refractivity contribution in [2.75, 3.05) is 24.5 Å². The van der Waals surface area contributed by atoms with Crippen molar-refractivity contribution in [3.05, 3.63) is 116 Å². The van der Waals surface area contributed by atoms with Gasteiger partial charge in [0, 0.05) is 49.7 Å². The van der Waals surface area contributed by atoms with Crippen LogP contribution in [0.25, 0.3) is 21.5 Å². The van der Waals surface area contributed by atoms with Gasteiger partial charge < -0.3 is 9.47 Å². The molecule has 0 spiro atoms. The number of hydrogen-bond donors (Lipinski definition) is 0. The molecule has 202 valence electrons. The summed E-state index contributed by atoms with van der Waals surface area (Å²) in [6.45, 7) is 2.98. The van der Waals surface area contributed by atoms with Gasteiger partial charge in [0.05, 0.1) is 17.2 Å². The molecular weight excluding hydrogens is 514 g/mol. The molecule has 0 N–H and O–H groups in total. The van der Waals surface area contributed by atoms with Crippen LogP contribution in [-0.4, -0.2) is 46.2 Å². The first kappa shape index (κ1) is 26.8. The number of benzene rings is 2. The highest BCUT2D eigenvalue weighted by molar-refractivity contribution is 5.89. The van der Waals surface area contributed by atoms with Crippen molar-refractivity contribution in [1.29, 1.82) is 5.26 Å². The number of nitrogens with zero attached hydrogens (tertiary/aromatic N) is 8. The van der Waals surface area contributed by atoms with Gasteiger partial charge in [0.15, 0.2) is 0 Å². The first-order valence-corrected chi connectivity index (χ1v) is 12.8. The zero-order valence-electron chi connectivity index (χ0n) is 21.9. The van der Waals surface area contributed by atoms with E-state index < -0.39 is 0 Å². The standard InChI is InChI=1S/C29H26F2N8O/c1-18-16-39(29(19-3-7-21(30)8-4-19)20-5-9-22(31)10-6-20)24(15-34-36-33)17-38(18)26-13-27(40)37(2)25-12-11-23(14-32)35-28(25)26/h3-13,18,24,29H,15-17H2,1-2H3/t18-,24+/m0/s1. The molecule has 1 aliphatic rings. The molecule has 5 rings (SSSR count). The maximum atomic E-state index is 13.9. The number of piperazine rings is 1. The van der Waals surface area contributed by atoms with E-state index in [1.165, 1.54) is 34.9 Å². The Morgan fingerprint density at radius 1 is 1.07 bits per heavy atom. The van der Waals surface area contributed by atoms with Crippen LogP contribution in [-0.2, 0) is 7.05 Å². The quantitative estimate of drug-likeness (QED) is 0.193. The summed E-state index contributed by atoms with van der Waals surface area (Å²) in [6.07, 6.45) is 0. The van der Waals surface area contributed by atoms with Crippen LogP contribution in [0.3, 0.4) is 0 Å². The molecule has 0 amide bonds. The van der Waals surface area contributed by atoms with E-state index in [0.717, 1.165) is 11.1 Å². The first-order chi connectivity index (χ1) is 19.3. The Kier molecular flexibility index (Phi) is 7.47. The average molecular weight is 541 g/mol. The fraction of sp³-hybridized carbons (Fsp3) is 0.276. The molecule has 0 aliphatic carbocycles. The summed E-state index contributed by atoms with van der Waals surface area (Å²) in [5, 5.41) is 13.4. The minimum atomic E-state index is -0.381. The lowest BCUT2D eigenvalue weighted by Crippen LogP contribution is -2.59. The highest BCUT2D eigenvalue weighted by Gasteiger charge is 2.37. The van der Waals surface area contributed by atoms with Gasteiger partial charge >= 0.3 is 0 Å². The van der Waals surface area contributed by atoms with Crippen molar-refractivity contribution in [3.63, 3.8) is 0 Å². The van der Waals surface area contributed by atoms with Crippen molar-refractivity contribution in [1.82, 2.24) is 14.5 Å². The van der Waals surface area contributed by atoms with E-state index in [-0.39, 0.29) is 47.6 Å². The number of azide groups is 1. The summed E-state index contributed by atoms with van der Waals surface area (Å²) in [5.74, 6) is -0.737. The summed E-state index contributed by atoms with van der Waals surface area (Å²) in [4.78, 5) is 24.7. The van der Waals surface area contributed by atoms with Crippen LogP contribution < -0.4 is 10.5 Å². The van der Waals surface area contributed by atoms with Crippen LogP contribution in [0.4, 0.5) is 14.5 Å². The lowest BCUT2D eigenvalue weighted by molar-refractivity contribution is 0.123. The Labute approximate surface area is 229 Å². The topological polar surface area (TPSA) is 114 Å². The highest BCUT2D eigenvalue weighted by Crippen LogP contribution is 2.36. The molecule has 0 saturated carbocycles. The van der Waals surface area contributed by atoms with Crippen molar-refractivity contribution < 1.29 is 8.78 Å². The van der Waals surface area contributed by atoms with E-state index in [0.29, 0.717) is 29.8 Å². The van der Waals surface area contributed by atoms with Gasteiger partial charge in [0.25, 0.3) is 5.56 Å². The fourth-order valence-electron chi connectivity index (χ4n) is 5.47. The smallest absolute Gasteiger partial charge is 0.252 e. The Bertz CT molecular complexity index is 1650. The summed E-state index contributed by atoms with van der Waals surface area (Å²) < 4.78 is 29.2. The van der Waals surface area contributed by atoms with Crippen LogP contribution in [0.2, 0.25) is 0 Å². The Morgan fingerprint density at radius 2 is 1.70 bits per heavy atom. The van der Waals surface area contributed by atoms with Gasteiger partial charge in [0.1, 0.15) is 28.9 Å². The van der Waals surface area contributed by atoms with Crippen molar-refractivity contribution in [2.24, 2.45) is 12.2 Å². The number of fused-ring (bicyclic) bond motifs is 1. The number of nitriles is 1. The largest absolute Gasteiger partial charge is 0.364 e. The van der Waals surface area contributed by atoms with Gasteiger partial charge in [-0.2, -0.15) is 5.26 Å². The fourth-order valence-corrected chi connectivity index (χ4v) is 5.47. The third-order valence-corrected chi connectivity index (χ3v) is 7.44. The van der Waals surface area contributed by atoms with Gasteiger partial charge in [-0.05, 0) is 60.0 Å². The third-order valence-electron chi connectivity index (χ3n) is 7.44. The Balaban J connectivity index is 1.62. The molecule has 3 heterocycles. The highest BCUT2D eigenvalue weighted by atomic mass is 19.1. The van der Waals surface area contributed by atoms with Crippen molar-refractivity contribution in [3.8, 4) is 6.07 Å². The maximum Gasteiger partial charge on any atom is 0.252 e. The van der Waals surface area contributed by atoms with Crippen molar-refractivity contribution in [2.45, 2.75) is 25.0 Å². The molecule has 2 atom stereocenters. The molecule has 0 bridgehead atoms. The van der Waals surface area contributed by atoms with Crippen LogP contribution in [0.15, 0.2) is 76.6 Å². The summed E-state index contributed by atoms with van der Waals surface area (Å²) >= 11 is 0. The number of anilines is 1. The summed E-state index contributed by atoms with van der Waals surface area (Å²) in [7, 11) is 1.66. The lowest BCUT2D eigenvalue weighted by Gasteiger charge is -2.49. The minimum absolute atomic E-state index is 0.123. The Hall–Kier alpha value is -4.78. The monoisotopic (exact) mass is 540 g/mol. The van der Waals surface area contributed by atoms with Gasteiger partial charge in [-0.1, -0.05) is 29.4 Å². The molecule has 4 aromatic rings. The molecule has 1 aliphatic heterocycles. The second kappa shape index (κ2) is 11.1. The number of aryl methyl sites for hydroxylation is 1. The molecule has 1 fully saturated rings. The minimum Gasteiger partial charge on any atom is -0.364 e. The molecule has 0 radical (unpaired) electrons. The van der Waals surface area contributed by atoms with Crippen LogP contribution in [0.1, 0.15) is 29.8 Å². The molecule has 11 heteroatoms. The average Bonchev–Trinajstić information content (AvgIpc) is 2.96.